The Balaban J connectivity index is 3.15. The third kappa shape index (κ3) is 2.98. The minimum atomic E-state index is -0.423. The average Bonchev–Trinajstić information content (AvgIpc) is 2.21. The van der Waals surface area contributed by atoms with Crippen LogP contribution in [0.2, 0.25) is 5.02 Å². The number of hydrogen-bond acceptors (Lipinski definition) is 3. The summed E-state index contributed by atoms with van der Waals surface area (Å²) in [6.45, 7) is 2.07. The molecule has 0 atom stereocenters. The highest BCUT2D eigenvalue weighted by molar-refractivity contribution is 14.1. The van der Waals surface area contributed by atoms with Crippen LogP contribution in [0.1, 0.15) is 17.3 Å². The second-order valence-corrected chi connectivity index (χ2v) is 4.26. The molecule has 0 amide bonds. The minimum absolute atomic E-state index is 0.325. The molecule has 1 rings (SSSR count). The number of hydrogen-bond donors (Lipinski definition) is 0. The van der Waals surface area contributed by atoms with Gasteiger partial charge >= 0.3 is 5.97 Å². The highest BCUT2D eigenvalue weighted by Crippen LogP contribution is 2.28. The van der Waals surface area contributed by atoms with Crippen molar-refractivity contribution >= 4 is 40.2 Å². The molecule has 0 saturated heterocycles. The fourth-order valence-corrected chi connectivity index (χ4v) is 1.67. The first kappa shape index (κ1) is 12.6. The summed E-state index contributed by atoms with van der Waals surface area (Å²) in [7, 11) is 1.50. The number of benzene rings is 1. The monoisotopic (exact) mass is 340 g/mol. The van der Waals surface area contributed by atoms with Gasteiger partial charge in [0.2, 0.25) is 0 Å². The fraction of sp³-hybridized carbons (Fsp3) is 0.300. The normalized spacial score (nSPS) is 9.87. The smallest absolute Gasteiger partial charge is 0.341 e. The molecule has 0 aliphatic rings. The molecule has 0 spiro atoms. The molecular weight excluding hydrogens is 330 g/mol. The van der Waals surface area contributed by atoms with Gasteiger partial charge in [-0.15, -0.1) is 0 Å². The third-order valence-corrected chi connectivity index (χ3v) is 3.26. The van der Waals surface area contributed by atoms with Crippen molar-refractivity contribution in [1.29, 1.82) is 0 Å². The standard InChI is InChI=1S/C10H10ClIO3/c1-3-15-10(13)6-4-7(11)8(12)5-9(6)14-2/h4-5H,3H2,1-2H3. The van der Waals surface area contributed by atoms with Crippen LogP contribution in [0, 0.1) is 3.57 Å². The Labute approximate surface area is 107 Å². The first-order valence-electron chi connectivity index (χ1n) is 4.30. The molecule has 15 heavy (non-hydrogen) atoms. The predicted molar refractivity (Wildman–Crippen MR) is 66.7 cm³/mol. The van der Waals surface area contributed by atoms with Crippen LogP contribution in [0.25, 0.3) is 0 Å². The molecule has 1 aromatic carbocycles. The lowest BCUT2D eigenvalue weighted by Gasteiger charge is -2.09. The lowest BCUT2D eigenvalue weighted by molar-refractivity contribution is 0.0522. The molecule has 0 radical (unpaired) electrons. The van der Waals surface area contributed by atoms with Gasteiger partial charge in [-0.25, -0.2) is 4.79 Å². The Hall–Kier alpha value is -0.490. The van der Waals surface area contributed by atoms with Crippen molar-refractivity contribution in [2.45, 2.75) is 6.92 Å². The van der Waals surface area contributed by atoms with Crippen molar-refractivity contribution in [2.75, 3.05) is 13.7 Å². The van der Waals surface area contributed by atoms with E-state index in [-0.39, 0.29) is 0 Å². The Morgan fingerprint density at radius 2 is 2.20 bits per heavy atom. The lowest BCUT2D eigenvalue weighted by atomic mass is 10.2. The van der Waals surface area contributed by atoms with Crippen LogP contribution in [0.3, 0.4) is 0 Å². The van der Waals surface area contributed by atoms with E-state index in [1.165, 1.54) is 7.11 Å². The highest BCUT2D eigenvalue weighted by Gasteiger charge is 2.15. The Kier molecular flexibility index (Phi) is 4.66. The molecule has 0 bridgehead atoms. The summed E-state index contributed by atoms with van der Waals surface area (Å²) in [5.74, 6) is 0.0508. The molecule has 0 saturated carbocycles. The van der Waals surface area contributed by atoms with E-state index in [0.29, 0.717) is 22.9 Å². The van der Waals surface area contributed by atoms with Crippen LogP contribution in [0.5, 0.6) is 5.75 Å². The zero-order valence-electron chi connectivity index (χ0n) is 8.34. The third-order valence-electron chi connectivity index (χ3n) is 1.74. The largest absolute Gasteiger partial charge is 0.496 e. The van der Waals surface area contributed by atoms with Gasteiger partial charge in [-0.3, -0.25) is 0 Å². The number of halogens is 2. The topological polar surface area (TPSA) is 35.5 Å². The predicted octanol–water partition coefficient (Wildman–Crippen LogP) is 3.13. The summed E-state index contributed by atoms with van der Waals surface area (Å²) in [5, 5.41) is 0.513. The first-order chi connectivity index (χ1) is 7.10. The quantitative estimate of drug-likeness (QED) is 0.626. The van der Waals surface area contributed by atoms with Crippen molar-refractivity contribution in [3.63, 3.8) is 0 Å². The van der Waals surface area contributed by atoms with E-state index in [0.717, 1.165) is 3.57 Å². The second kappa shape index (κ2) is 5.55. The number of methoxy groups -OCH3 is 1. The second-order valence-electron chi connectivity index (χ2n) is 2.69. The Morgan fingerprint density at radius 3 is 2.73 bits per heavy atom. The van der Waals surface area contributed by atoms with E-state index < -0.39 is 5.97 Å². The number of ether oxygens (including phenoxy) is 2. The van der Waals surface area contributed by atoms with Gasteiger partial charge in [-0.1, -0.05) is 11.6 Å². The van der Waals surface area contributed by atoms with Crippen LogP contribution >= 0.6 is 34.2 Å². The fourth-order valence-electron chi connectivity index (χ4n) is 1.07. The Bertz CT molecular complexity index is 379. The van der Waals surface area contributed by atoms with Crippen molar-refractivity contribution in [3.8, 4) is 5.75 Å². The van der Waals surface area contributed by atoms with Crippen LogP contribution in [0.4, 0.5) is 0 Å². The molecule has 1 aromatic rings. The van der Waals surface area contributed by atoms with Crippen LogP contribution in [-0.4, -0.2) is 19.7 Å². The van der Waals surface area contributed by atoms with Crippen LogP contribution < -0.4 is 4.74 Å². The van der Waals surface area contributed by atoms with E-state index in [1.54, 1.807) is 19.1 Å². The molecule has 3 nitrogen and oxygen atoms in total. The van der Waals surface area contributed by atoms with Crippen LogP contribution in [-0.2, 0) is 4.74 Å². The van der Waals surface area contributed by atoms with Gasteiger partial charge in [0.05, 0.1) is 18.7 Å². The SMILES string of the molecule is CCOC(=O)c1cc(Cl)c(I)cc1OC. The maximum Gasteiger partial charge on any atom is 0.341 e. The number of carbonyl (C=O) groups is 1. The first-order valence-corrected chi connectivity index (χ1v) is 5.76. The van der Waals surface area contributed by atoms with E-state index >= 15 is 0 Å². The van der Waals surface area contributed by atoms with E-state index in [4.69, 9.17) is 21.1 Å². The average molecular weight is 341 g/mol. The maximum atomic E-state index is 11.5. The summed E-state index contributed by atoms with van der Waals surface area (Å²) in [5.41, 5.74) is 0.352. The zero-order valence-corrected chi connectivity index (χ0v) is 11.3. The number of carbonyl (C=O) groups excluding carboxylic acids is 1. The number of rotatable bonds is 3. The molecule has 82 valence electrons. The van der Waals surface area contributed by atoms with Gasteiger partial charge in [-0.05, 0) is 41.6 Å². The van der Waals surface area contributed by atoms with Gasteiger partial charge in [0, 0.05) is 3.57 Å². The van der Waals surface area contributed by atoms with E-state index in [1.807, 2.05) is 0 Å². The highest BCUT2D eigenvalue weighted by atomic mass is 127. The maximum absolute atomic E-state index is 11.5. The van der Waals surface area contributed by atoms with E-state index in [2.05, 4.69) is 22.6 Å². The molecule has 0 aromatic heterocycles. The number of esters is 1. The molecule has 5 heteroatoms. The molecule has 0 fully saturated rings. The summed E-state index contributed by atoms with van der Waals surface area (Å²) in [6.07, 6.45) is 0. The summed E-state index contributed by atoms with van der Waals surface area (Å²) in [4.78, 5) is 11.5. The molecule has 0 heterocycles. The van der Waals surface area contributed by atoms with Gasteiger partial charge in [0.25, 0.3) is 0 Å². The van der Waals surface area contributed by atoms with Crippen LogP contribution in [0.15, 0.2) is 12.1 Å². The summed E-state index contributed by atoms with van der Waals surface area (Å²) < 4.78 is 10.8. The van der Waals surface area contributed by atoms with Crippen molar-refractivity contribution < 1.29 is 14.3 Å². The summed E-state index contributed by atoms with van der Waals surface area (Å²) >= 11 is 7.99. The molecule has 0 aliphatic heterocycles. The molecular formula is C10H10ClIO3. The minimum Gasteiger partial charge on any atom is -0.496 e. The van der Waals surface area contributed by atoms with Crippen molar-refractivity contribution in [1.82, 2.24) is 0 Å². The molecule has 0 unspecified atom stereocenters. The zero-order chi connectivity index (χ0) is 11.4. The lowest BCUT2D eigenvalue weighted by Crippen LogP contribution is -2.07. The summed E-state index contributed by atoms with van der Waals surface area (Å²) in [6, 6.07) is 3.26. The molecule has 0 N–H and O–H groups in total. The van der Waals surface area contributed by atoms with Crippen molar-refractivity contribution in [2.24, 2.45) is 0 Å². The molecule has 0 aliphatic carbocycles. The van der Waals surface area contributed by atoms with Crippen molar-refractivity contribution in [3.05, 3.63) is 26.3 Å². The van der Waals surface area contributed by atoms with E-state index in [9.17, 15) is 4.79 Å². The van der Waals surface area contributed by atoms with Gasteiger partial charge in [-0.2, -0.15) is 0 Å². The van der Waals surface area contributed by atoms with Gasteiger partial charge in [0.1, 0.15) is 11.3 Å². The Morgan fingerprint density at radius 1 is 1.53 bits per heavy atom. The van der Waals surface area contributed by atoms with Gasteiger partial charge in [0.15, 0.2) is 0 Å². The van der Waals surface area contributed by atoms with Gasteiger partial charge < -0.3 is 9.47 Å².